The third-order valence-electron chi connectivity index (χ3n) is 7.27. The van der Waals surface area contributed by atoms with Crippen LogP contribution in [-0.2, 0) is 13.0 Å². The van der Waals surface area contributed by atoms with Crippen molar-refractivity contribution in [3.8, 4) is 5.75 Å². The van der Waals surface area contributed by atoms with Crippen molar-refractivity contribution in [3.05, 3.63) is 74.4 Å². The minimum atomic E-state index is -0.394. The van der Waals surface area contributed by atoms with E-state index in [0.717, 1.165) is 30.5 Å². The van der Waals surface area contributed by atoms with Crippen LogP contribution in [0.5, 0.6) is 5.75 Å². The molecule has 7 nitrogen and oxygen atoms in total. The van der Waals surface area contributed by atoms with Crippen LogP contribution < -0.4 is 21.3 Å². The summed E-state index contributed by atoms with van der Waals surface area (Å²) in [7, 11) is 1.72. The lowest BCUT2D eigenvalue weighted by molar-refractivity contribution is 0.370. The minimum absolute atomic E-state index is 0. The Morgan fingerprint density at radius 1 is 1.15 bits per heavy atom. The topological polar surface area (TPSA) is 89.3 Å². The van der Waals surface area contributed by atoms with Crippen LogP contribution in [0.15, 0.2) is 56.5 Å². The van der Waals surface area contributed by atoms with Crippen molar-refractivity contribution >= 4 is 34.5 Å². The summed E-state index contributed by atoms with van der Waals surface area (Å²) >= 11 is 0. The van der Waals surface area contributed by atoms with Crippen LogP contribution in [0.3, 0.4) is 0 Å². The predicted octanol–water partition coefficient (Wildman–Crippen LogP) is 3.57. The van der Waals surface area contributed by atoms with Gasteiger partial charge in [0.15, 0.2) is 0 Å². The van der Waals surface area contributed by atoms with E-state index < -0.39 is 5.69 Å². The normalized spacial score (nSPS) is 21.5. The molecule has 1 aliphatic heterocycles. The fourth-order valence-electron chi connectivity index (χ4n) is 5.78. The molecule has 0 saturated carbocycles. The van der Waals surface area contributed by atoms with E-state index in [-0.39, 0.29) is 29.6 Å². The number of aromatic amines is 1. The van der Waals surface area contributed by atoms with Crippen molar-refractivity contribution in [2.24, 2.45) is 5.92 Å². The lowest BCUT2D eigenvalue weighted by atomic mass is 9.73. The van der Waals surface area contributed by atoms with Gasteiger partial charge in [0.2, 0.25) is 5.58 Å². The molecule has 0 radical (unpaired) electrons. The Balaban J connectivity index is 0.00000228. The predicted molar refractivity (Wildman–Crippen MR) is 130 cm³/mol. The van der Waals surface area contributed by atoms with Gasteiger partial charge in [-0.1, -0.05) is 24.3 Å². The Morgan fingerprint density at radius 3 is 2.85 bits per heavy atom. The Morgan fingerprint density at radius 2 is 2.00 bits per heavy atom. The average molecular weight is 468 g/mol. The molecule has 33 heavy (non-hydrogen) atoms. The summed E-state index contributed by atoms with van der Waals surface area (Å²) < 4.78 is 12.6. The standard InChI is InChI=1S/C25H25N3O4.ClH/c1-31-19-8-4-6-16-15(19)10-9-14-13-26-18(21(14)16)11-12-28-24(29)23-22(27-25(28)30)17-5-2-3-7-20(17)32-23;/h2-8,14,18,21,26H,9-13H2,1H3,(H,27,30);1H/t14-,18?,21-;/m1./s1. The van der Waals surface area contributed by atoms with Crippen LogP contribution in [-0.4, -0.2) is 29.2 Å². The monoisotopic (exact) mass is 467 g/mol. The molecule has 3 heterocycles. The number of hydrogen-bond donors (Lipinski definition) is 2. The number of ether oxygens (including phenoxy) is 1. The highest BCUT2D eigenvalue weighted by Gasteiger charge is 2.40. The highest BCUT2D eigenvalue weighted by molar-refractivity contribution is 6.01. The van der Waals surface area contributed by atoms with Crippen molar-refractivity contribution in [2.75, 3.05) is 13.7 Å². The van der Waals surface area contributed by atoms with Gasteiger partial charge in [0.25, 0.3) is 5.56 Å². The fraction of sp³-hybridized carbons (Fsp3) is 0.360. The highest BCUT2D eigenvalue weighted by atomic mass is 35.5. The third-order valence-corrected chi connectivity index (χ3v) is 7.27. The molecular weight excluding hydrogens is 442 g/mol. The Kier molecular flexibility index (Phi) is 5.54. The third kappa shape index (κ3) is 3.38. The molecule has 1 fully saturated rings. The molecule has 0 amide bonds. The summed E-state index contributed by atoms with van der Waals surface area (Å²) in [5, 5.41) is 4.40. The van der Waals surface area contributed by atoms with Crippen molar-refractivity contribution in [1.82, 2.24) is 14.9 Å². The summed E-state index contributed by atoms with van der Waals surface area (Å²) in [6.07, 6.45) is 2.83. The Bertz CT molecular complexity index is 1450. The van der Waals surface area contributed by atoms with E-state index in [2.05, 4.69) is 22.4 Å². The molecule has 2 N–H and O–H groups in total. The average Bonchev–Trinajstić information content (AvgIpc) is 3.40. The van der Waals surface area contributed by atoms with Crippen molar-refractivity contribution in [1.29, 1.82) is 0 Å². The summed E-state index contributed by atoms with van der Waals surface area (Å²) in [4.78, 5) is 28.8. The molecule has 4 aromatic rings. The summed E-state index contributed by atoms with van der Waals surface area (Å²) in [6.45, 7) is 1.29. The maximum Gasteiger partial charge on any atom is 0.329 e. The van der Waals surface area contributed by atoms with Crippen LogP contribution >= 0.6 is 12.4 Å². The second-order valence-corrected chi connectivity index (χ2v) is 8.85. The lowest BCUT2D eigenvalue weighted by Gasteiger charge is -2.32. The zero-order valence-corrected chi connectivity index (χ0v) is 19.1. The second-order valence-electron chi connectivity index (χ2n) is 8.85. The van der Waals surface area contributed by atoms with Gasteiger partial charge in [0.1, 0.15) is 16.8 Å². The molecule has 1 aliphatic carbocycles. The number of para-hydroxylation sites is 1. The number of halogens is 1. The van der Waals surface area contributed by atoms with Gasteiger partial charge < -0.3 is 19.5 Å². The first kappa shape index (κ1) is 21.8. The lowest BCUT2D eigenvalue weighted by Crippen LogP contribution is -2.37. The first-order valence-corrected chi connectivity index (χ1v) is 11.2. The van der Waals surface area contributed by atoms with Crippen LogP contribution in [0, 0.1) is 5.92 Å². The number of methoxy groups -OCH3 is 1. The van der Waals surface area contributed by atoms with Crippen LogP contribution in [0.1, 0.15) is 29.9 Å². The molecule has 172 valence electrons. The summed E-state index contributed by atoms with van der Waals surface area (Å²) in [6, 6.07) is 13.8. The number of fused-ring (bicyclic) bond motifs is 6. The highest BCUT2D eigenvalue weighted by Crippen LogP contribution is 2.45. The van der Waals surface area contributed by atoms with Crippen LogP contribution in [0.25, 0.3) is 22.1 Å². The number of hydrogen-bond acceptors (Lipinski definition) is 5. The smallest absolute Gasteiger partial charge is 0.329 e. The summed E-state index contributed by atoms with van der Waals surface area (Å²) in [5.74, 6) is 1.88. The quantitative estimate of drug-likeness (QED) is 0.479. The van der Waals surface area contributed by atoms with Gasteiger partial charge >= 0.3 is 5.69 Å². The first-order valence-electron chi connectivity index (χ1n) is 11.2. The van der Waals surface area contributed by atoms with E-state index in [1.54, 1.807) is 13.2 Å². The van der Waals surface area contributed by atoms with Gasteiger partial charge in [0.05, 0.1) is 7.11 Å². The van der Waals surface area contributed by atoms with Crippen LogP contribution in [0.4, 0.5) is 0 Å². The number of H-pyrrole nitrogens is 1. The van der Waals surface area contributed by atoms with Gasteiger partial charge in [-0.15, -0.1) is 12.4 Å². The fourth-order valence-corrected chi connectivity index (χ4v) is 5.78. The number of rotatable bonds is 4. The molecule has 1 unspecified atom stereocenters. The molecule has 0 bridgehead atoms. The maximum atomic E-state index is 13.1. The Labute approximate surface area is 196 Å². The van der Waals surface area contributed by atoms with Gasteiger partial charge in [0, 0.05) is 23.9 Å². The van der Waals surface area contributed by atoms with Gasteiger partial charge in [-0.3, -0.25) is 9.36 Å². The van der Waals surface area contributed by atoms with Crippen molar-refractivity contribution in [3.63, 3.8) is 0 Å². The minimum Gasteiger partial charge on any atom is -0.496 e. The van der Waals surface area contributed by atoms with Crippen molar-refractivity contribution in [2.45, 2.75) is 37.8 Å². The Hall–Kier alpha value is -3.03. The molecule has 6 rings (SSSR count). The summed E-state index contributed by atoms with van der Waals surface area (Å²) in [5.41, 5.74) is 3.14. The molecule has 3 atom stereocenters. The van der Waals surface area contributed by atoms with E-state index >= 15 is 0 Å². The van der Waals surface area contributed by atoms with Crippen LogP contribution in [0.2, 0.25) is 0 Å². The van der Waals surface area contributed by atoms with Crippen molar-refractivity contribution < 1.29 is 9.15 Å². The van der Waals surface area contributed by atoms with E-state index in [1.165, 1.54) is 15.7 Å². The zero-order chi connectivity index (χ0) is 21.8. The SMILES string of the molecule is COc1cccc2c1CC[C@@H]1CNC(CCn3c(=O)[nH]c4c(oc5ccccc54)c3=O)[C@@H]21.Cl. The van der Waals surface area contributed by atoms with E-state index in [1.807, 2.05) is 24.3 Å². The maximum absolute atomic E-state index is 13.1. The van der Waals surface area contributed by atoms with E-state index in [4.69, 9.17) is 9.15 Å². The molecular formula is C25H26ClN3O4. The second kappa shape index (κ2) is 8.39. The number of benzene rings is 2. The molecule has 1 saturated heterocycles. The molecule has 2 aromatic heterocycles. The number of nitrogens with one attached hydrogen (secondary N) is 2. The van der Waals surface area contributed by atoms with E-state index in [0.29, 0.717) is 35.9 Å². The number of furan rings is 1. The molecule has 8 heteroatoms. The van der Waals surface area contributed by atoms with Gasteiger partial charge in [-0.05, 0) is 61.1 Å². The molecule has 2 aliphatic rings. The van der Waals surface area contributed by atoms with Gasteiger partial charge in [-0.25, -0.2) is 4.79 Å². The zero-order valence-electron chi connectivity index (χ0n) is 18.3. The van der Waals surface area contributed by atoms with Gasteiger partial charge in [-0.2, -0.15) is 0 Å². The van der Waals surface area contributed by atoms with E-state index in [9.17, 15) is 9.59 Å². The molecule has 0 spiro atoms. The number of aromatic nitrogens is 2. The first-order chi connectivity index (χ1) is 15.7. The largest absolute Gasteiger partial charge is 0.496 e. The number of nitrogens with zero attached hydrogens (tertiary/aromatic N) is 1. The molecule has 2 aromatic carbocycles.